The van der Waals surface area contributed by atoms with E-state index in [9.17, 15) is 4.79 Å². The summed E-state index contributed by atoms with van der Waals surface area (Å²) in [6, 6.07) is 14.7. The fraction of sp³-hybridized carbons (Fsp3) is 0.316. The van der Waals surface area contributed by atoms with Gasteiger partial charge in [-0.25, -0.2) is 0 Å². The average Bonchev–Trinajstić information content (AvgIpc) is 2.65. The van der Waals surface area contributed by atoms with Gasteiger partial charge >= 0.3 is 0 Å². The first-order valence-corrected chi connectivity index (χ1v) is 8.11. The molecule has 1 amide bonds. The third-order valence-electron chi connectivity index (χ3n) is 3.45. The number of rotatable bonds is 10. The molecule has 0 aliphatic carbocycles. The van der Waals surface area contributed by atoms with E-state index in [2.05, 4.69) is 10.6 Å². The van der Waals surface area contributed by atoms with Gasteiger partial charge in [-0.3, -0.25) is 4.79 Å². The molecule has 0 fully saturated rings. The van der Waals surface area contributed by atoms with Crippen molar-refractivity contribution in [2.75, 3.05) is 44.6 Å². The molecule has 0 aromatic heterocycles. The maximum atomic E-state index is 12.0. The van der Waals surface area contributed by atoms with Crippen LogP contribution in [0.5, 0.6) is 11.5 Å². The van der Waals surface area contributed by atoms with Gasteiger partial charge in [-0.1, -0.05) is 12.1 Å². The SMILES string of the molecule is COCCCNc1ccc(NC(=O)COc2ccccc2OC)cc1. The fourth-order valence-electron chi connectivity index (χ4n) is 2.20. The van der Waals surface area contributed by atoms with Gasteiger partial charge in [-0.05, 0) is 42.8 Å². The summed E-state index contributed by atoms with van der Waals surface area (Å²) in [6.45, 7) is 1.48. The molecule has 134 valence electrons. The average molecular weight is 344 g/mol. The van der Waals surface area contributed by atoms with Gasteiger partial charge in [0, 0.05) is 31.6 Å². The van der Waals surface area contributed by atoms with Crippen molar-refractivity contribution in [2.24, 2.45) is 0 Å². The molecule has 0 aliphatic rings. The van der Waals surface area contributed by atoms with Crippen molar-refractivity contribution in [1.29, 1.82) is 0 Å². The third-order valence-corrected chi connectivity index (χ3v) is 3.45. The van der Waals surface area contributed by atoms with Crippen molar-refractivity contribution in [1.82, 2.24) is 0 Å². The zero-order valence-electron chi connectivity index (χ0n) is 14.6. The smallest absolute Gasteiger partial charge is 0.262 e. The number of ether oxygens (including phenoxy) is 3. The molecule has 0 saturated heterocycles. The minimum atomic E-state index is -0.230. The van der Waals surface area contributed by atoms with Gasteiger partial charge in [-0.15, -0.1) is 0 Å². The Labute approximate surface area is 148 Å². The largest absolute Gasteiger partial charge is 0.493 e. The molecule has 2 N–H and O–H groups in total. The van der Waals surface area contributed by atoms with Crippen molar-refractivity contribution in [3.63, 3.8) is 0 Å². The Balaban J connectivity index is 1.78. The first-order chi connectivity index (χ1) is 12.2. The maximum Gasteiger partial charge on any atom is 0.262 e. The van der Waals surface area contributed by atoms with E-state index in [-0.39, 0.29) is 12.5 Å². The van der Waals surface area contributed by atoms with Gasteiger partial charge in [0.15, 0.2) is 18.1 Å². The van der Waals surface area contributed by atoms with Crippen LogP contribution in [0.3, 0.4) is 0 Å². The van der Waals surface area contributed by atoms with Crippen LogP contribution >= 0.6 is 0 Å². The van der Waals surface area contributed by atoms with Crippen molar-refractivity contribution in [3.8, 4) is 11.5 Å². The zero-order valence-corrected chi connectivity index (χ0v) is 14.6. The van der Waals surface area contributed by atoms with E-state index in [0.717, 1.165) is 30.9 Å². The Hall–Kier alpha value is -2.73. The predicted octanol–water partition coefficient (Wildman–Crippen LogP) is 3.16. The van der Waals surface area contributed by atoms with Crippen molar-refractivity contribution in [3.05, 3.63) is 48.5 Å². The van der Waals surface area contributed by atoms with Crippen LogP contribution in [0, 0.1) is 0 Å². The minimum absolute atomic E-state index is 0.0859. The highest BCUT2D eigenvalue weighted by molar-refractivity contribution is 5.92. The summed E-state index contributed by atoms with van der Waals surface area (Å²) in [5.74, 6) is 0.904. The van der Waals surface area contributed by atoms with E-state index in [0.29, 0.717) is 11.5 Å². The number of benzene rings is 2. The lowest BCUT2D eigenvalue weighted by Crippen LogP contribution is -2.20. The lowest BCUT2D eigenvalue weighted by atomic mass is 10.2. The van der Waals surface area contributed by atoms with Gasteiger partial charge < -0.3 is 24.8 Å². The molecule has 0 unspecified atom stereocenters. The molecule has 0 atom stereocenters. The first kappa shape index (κ1) is 18.6. The van der Waals surface area contributed by atoms with Crippen LogP contribution in [-0.4, -0.2) is 39.9 Å². The molecule has 2 aromatic rings. The molecular formula is C19H24N2O4. The van der Waals surface area contributed by atoms with Gasteiger partial charge in [-0.2, -0.15) is 0 Å². The number of amides is 1. The fourth-order valence-corrected chi connectivity index (χ4v) is 2.20. The molecule has 6 heteroatoms. The Morgan fingerprint density at radius 3 is 2.32 bits per heavy atom. The minimum Gasteiger partial charge on any atom is -0.493 e. The van der Waals surface area contributed by atoms with E-state index in [4.69, 9.17) is 14.2 Å². The second-order valence-corrected chi connectivity index (χ2v) is 5.34. The second-order valence-electron chi connectivity index (χ2n) is 5.34. The van der Waals surface area contributed by atoms with E-state index in [1.165, 1.54) is 0 Å². The topological polar surface area (TPSA) is 68.8 Å². The highest BCUT2D eigenvalue weighted by Crippen LogP contribution is 2.25. The van der Waals surface area contributed by atoms with Crippen LogP contribution in [0.25, 0.3) is 0 Å². The van der Waals surface area contributed by atoms with E-state index < -0.39 is 0 Å². The standard InChI is InChI=1S/C19H24N2O4/c1-23-13-5-12-20-15-8-10-16(11-9-15)21-19(22)14-25-18-7-4-3-6-17(18)24-2/h3-4,6-11,20H,5,12-14H2,1-2H3,(H,21,22). The van der Waals surface area contributed by atoms with Crippen LogP contribution in [0.2, 0.25) is 0 Å². The Kier molecular flexibility index (Phi) is 7.59. The lowest BCUT2D eigenvalue weighted by molar-refractivity contribution is -0.118. The second kappa shape index (κ2) is 10.2. The third kappa shape index (κ3) is 6.35. The molecule has 2 aromatic carbocycles. The normalized spacial score (nSPS) is 10.2. The van der Waals surface area contributed by atoms with Crippen LogP contribution in [0.4, 0.5) is 11.4 Å². The number of hydrogen-bond donors (Lipinski definition) is 2. The summed E-state index contributed by atoms with van der Waals surface area (Å²) in [5, 5.41) is 6.09. The van der Waals surface area contributed by atoms with Crippen LogP contribution < -0.4 is 20.1 Å². The number of carbonyl (C=O) groups excluding carboxylic acids is 1. The molecule has 0 spiro atoms. The highest BCUT2D eigenvalue weighted by atomic mass is 16.5. The number of carbonyl (C=O) groups is 1. The number of methoxy groups -OCH3 is 2. The van der Waals surface area contributed by atoms with Gasteiger partial charge in [0.2, 0.25) is 0 Å². The van der Waals surface area contributed by atoms with Gasteiger partial charge in [0.1, 0.15) is 0 Å². The molecule has 0 aliphatic heterocycles. The molecule has 25 heavy (non-hydrogen) atoms. The summed E-state index contributed by atoms with van der Waals surface area (Å²) in [7, 11) is 3.25. The first-order valence-electron chi connectivity index (χ1n) is 8.11. The maximum absolute atomic E-state index is 12.0. The van der Waals surface area contributed by atoms with Gasteiger partial charge in [0.05, 0.1) is 7.11 Å². The lowest BCUT2D eigenvalue weighted by Gasteiger charge is -2.11. The Morgan fingerprint density at radius 2 is 1.64 bits per heavy atom. The predicted molar refractivity (Wildman–Crippen MR) is 98.5 cm³/mol. The number of anilines is 2. The van der Waals surface area contributed by atoms with Gasteiger partial charge in [0.25, 0.3) is 5.91 Å². The Morgan fingerprint density at radius 1 is 0.960 bits per heavy atom. The quantitative estimate of drug-likeness (QED) is 0.648. The van der Waals surface area contributed by atoms with Crippen LogP contribution in [0.1, 0.15) is 6.42 Å². The zero-order chi connectivity index (χ0) is 17.9. The molecule has 0 bridgehead atoms. The highest BCUT2D eigenvalue weighted by Gasteiger charge is 2.07. The van der Waals surface area contributed by atoms with E-state index in [1.807, 2.05) is 36.4 Å². The summed E-state index contributed by atoms with van der Waals surface area (Å²) in [4.78, 5) is 12.0. The summed E-state index contributed by atoms with van der Waals surface area (Å²) < 4.78 is 15.7. The Bertz CT molecular complexity index is 659. The summed E-state index contributed by atoms with van der Waals surface area (Å²) >= 11 is 0. The summed E-state index contributed by atoms with van der Waals surface area (Å²) in [6.07, 6.45) is 0.940. The molecule has 0 saturated carbocycles. The number of para-hydroxylation sites is 2. The van der Waals surface area contributed by atoms with Crippen LogP contribution in [0.15, 0.2) is 48.5 Å². The van der Waals surface area contributed by atoms with Crippen molar-refractivity contribution >= 4 is 17.3 Å². The van der Waals surface area contributed by atoms with Crippen molar-refractivity contribution in [2.45, 2.75) is 6.42 Å². The van der Waals surface area contributed by atoms with Crippen LogP contribution in [-0.2, 0) is 9.53 Å². The summed E-state index contributed by atoms with van der Waals surface area (Å²) in [5.41, 5.74) is 1.72. The molecule has 0 heterocycles. The van der Waals surface area contributed by atoms with E-state index >= 15 is 0 Å². The van der Waals surface area contributed by atoms with Crippen molar-refractivity contribution < 1.29 is 19.0 Å². The van der Waals surface area contributed by atoms with E-state index in [1.54, 1.807) is 26.4 Å². The number of hydrogen-bond acceptors (Lipinski definition) is 5. The number of nitrogens with one attached hydrogen (secondary N) is 2. The molecular weight excluding hydrogens is 320 g/mol. The molecule has 6 nitrogen and oxygen atoms in total. The monoisotopic (exact) mass is 344 g/mol. The molecule has 2 rings (SSSR count). The molecule has 0 radical (unpaired) electrons.